The van der Waals surface area contributed by atoms with Gasteiger partial charge in [-0.1, -0.05) is 71.1 Å². The monoisotopic (exact) mass is 343 g/mol. The van der Waals surface area contributed by atoms with Gasteiger partial charge >= 0.3 is 0 Å². The van der Waals surface area contributed by atoms with Crippen LogP contribution in [0.15, 0.2) is 0 Å². The van der Waals surface area contributed by atoms with Crippen molar-refractivity contribution in [2.45, 2.75) is 103 Å². The Labute approximate surface area is 149 Å². The van der Waals surface area contributed by atoms with Gasteiger partial charge in [0.2, 0.25) is 5.91 Å². The second-order valence-corrected chi connectivity index (χ2v) is 7.40. The molecule has 0 atom stereocenters. The van der Waals surface area contributed by atoms with E-state index in [4.69, 9.17) is 9.84 Å². The topological polar surface area (TPSA) is 58.6 Å². The Morgan fingerprint density at radius 1 is 0.917 bits per heavy atom. The molecule has 0 fully saturated rings. The van der Waals surface area contributed by atoms with Gasteiger partial charge in [-0.25, -0.2) is 0 Å². The molecule has 0 aliphatic rings. The van der Waals surface area contributed by atoms with Gasteiger partial charge in [-0.2, -0.15) is 0 Å². The van der Waals surface area contributed by atoms with E-state index >= 15 is 0 Å². The molecule has 0 rings (SSSR count). The van der Waals surface area contributed by atoms with E-state index in [1.807, 2.05) is 13.8 Å². The van der Waals surface area contributed by atoms with E-state index in [1.54, 1.807) is 0 Å². The molecule has 1 amide bonds. The number of ether oxygens (including phenoxy) is 1. The zero-order valence-electron chi connectivity index (χ0n) is 16.4. The van der Waals surface area contributed by atoms with Gasteiger partial charge in [-0.15, -0.1) is 0 Å². The van der Waals surface area contributed by atoms with Crippen molar-refractivity contribution in [3.05, 3.63) is 0 Å². The van der Waals surface area contributed by atoms with Crippen molar-refractivity contribution in [2.24, 2.45) is 0 Å². The zero-order chi connectivity index (χ0) is 18.1. The maximum atomic E-state index is 11.7. The molecule has 0 unspecified atom stereocenters. The Hall–Kier alpha value is -0.610. The van der Waals surface area contributed by atoms with Gasteiger partial charge in [-0.3, -0.25) is 4.79 Å². The van der Waals surface area contributed by atoms with Gasteiger partial charge in [-0.05, 0) is 20.3 Å². The molecule has 0 aromatic rings. The molecule has 4 nitrogen and oxygen atoms in total. The quantitative estimate of drug-likeness (QED) is 0.380. The lowest BCUT2D eigenvalue weighted by Gasteiger charge is -2.22. The third-order valence-electron chi connectivity index (χ3n) is 4.31. The van der Waals surface area contributed by atoms with Crippen molar-refractivity contribution in [1.82, 2.24) is 5.32 Å². The minimum atomic E-state index is -0.527. The predicted molar refractivity (Wildman–Crippen MR) is 101 cm³/mol. The second-order valence-electron chi connectivity index (χ2n) is 7.40. The van der Waals surface area contributed by atoms with E-state index in [0.717, 1.165) is 12.8 Å². The van der Waals surface area contributed by atoms with Gasteiger partial charge < -0.3 is 15.2 Å². The summed E-state index contributed by atoms with van der Waals surface area (Å²) in [5, 5.41) is 11.9. The number of nitrogens with one attached hydrogen (secondary N) is 1. The van der Waals surface area contributed by atoms with Crippen LogP contribution in [0.2, 0.25) is 0 Å². The van der Waals surface area contributed by atoms with Crippen LogP contribution in [-0.4, -0.2) is 36.4 Å². The summed E-state index contributed by atoms with van der Waals surface area (Å²) in [6, 6.07) is 0. The summed E-state index contributed by atoms with van der Waals surface area (Å²) in [5.41, 5.74) is -0.527. The third-order valence-corrected chi connectivity index (χ3v) is 4.31. The van der Waals surface area contributed by atoms with Crippen LogP contribution in [0.25, 0.3) is 0 Å². The highest BCUT2D eigenvalue weighted by Crippen LogP contribution is 2.12. The molecule has 0 aliphatic heterocycles. The average molecular weight is 344 g/mol. The van der Waals surface area contributed by atoms with Gasteiger partial charge in [0.1, 0.15) is 0 Å². The molecule has 4 heteroatoms. The van der Waals surface area contributed by atoms with Crippen LogP contribution in [0.1, 0.15) is 97.8 Å². The summed E-state index contributed by atoms with van der Waals surface area (Å²) in [5.74, 6) is 0.108. The minimum Gasteiger partial charge on any atom is -0.393 e. The Morgan fingerprint density at radius 2 is 1.42 bits per heavy atom. The lowest BCUT2D eigenvalue weighted by atomic mass is 10.1. The van der Waals surface area contributed by atoms with Crippen LogP contribution < -0.4 is 5.32 Å². The molecule has 0 spiro atoms. The summed E-state index contributed by atoms with van der Waals surface area (Å²) < 4.78 is 5.48. The fraction of sp³-hybridized carbons (Fsp3) is 0.950. The normalized spacial score (nSPS) is 11.7. The van der Waals surface area contributed by atoms with Crippen LogP contribution in [0.3, 0.4) is 0 Å². The number of rotatable bonds is 17. The molecule has 0 heterocycles. The molecule has 0 aromatic heterocycles. The molecule has 144 valence electrons. The SMILES string of the molecule is CCCCCCCCCCCCCC(=O)NCCOC(C)(C)CO. The van der Waals surface area contributed by atoms with Crippen molar-refractivity contribution in [3.63, 3.8) is 0 Å². The zero-order valence-corrected chi connectivity index (χ0v) is 16.4. The smallest absolute Gasteiger partial charge is 0.220 e. The Bertz CT molecular complexity index is 293. The Morgan fingerprint density at radius 3 is 1.92 bits per heavy atom. The molecule has 0 aromatic carbocycles. The Kier molecular flexibility index (Phi) is 15.5. The van der Waals surface area contributed by atoms with Gasteiger partial charge in [0.25, 0.3) is 0 Å². The van der Waals surface area contributed by atoms with E-state index in [9.17, 15) is 4.79 Å². The second kappa shape index (κ2) is 15.9. The average Bonchev–Trinajstić information content (AvgIpc) is 2.56. The summed E-state index contributed by atoms with van der Waals surface area (Å²) in [4.78, 5) is 11.7. The number of unbranched alkanes of at least 4 members (excludes halogenated alkanes) is 10. The maximum Gasteiger partial charge on any atom is 0.220 e. The minimum absolute atomic E-state index is 0.0142. The molecule has 0 saturated carbocycles. The first kappa shape index (κ1) is 23.4. The van der Waals surface area contributed by atoms with Crippen molar-refractivity contribution >= 4 is 5.91 Å². The van der Waals surface area contributed by atoms with Crippen LogP contribution in [0.4, 0.5) is 0 Å². The third kappa shape index (κ3) is 16.3. The first-order valence-corrected chi connectivity index (χ1v) is 10.0. The van der Waals surface area contributed by atoms with E-state index in [1.165, 1.54) is 57.8 Å². The van der Waals surface area contributed by atoms with Crippen LogP contribution >= 0.6 is 0 Å². The fourth-order valence-corrected chi connectivity index (χ4v) is 2.60. The number of aliphatic hydroxyl groups is 1. The standard InChI is InChI=1S/C20H41NO3/c1-4-5-6-7-8-9-10-11-12-13-14-15-19(23)21-16-17-24-20(2,3)18-22/h22H,4-18H2,1-3H3,(H,21,23). The molecular formula is C20H41NO3. The molecular weight excluding hydrogens is 302 g/mol. The molecule has 0 saturated heterocycles. The highest BCUT2D eigenvalue weighted by Gasteiger charge is 2.16. The van der Waals surface area contributed by atoms with Crippen molar-refractivity contribution in [1.29, 1.82) is 0 Å². The van der Waals surface area contributed by atoms with Crippen LogP contribution in [0, 0.1) is 0 Å². The van der Waals surface area contributed by atoms with Crippen molar-refractivity contribution in [2.75, 3.05) is 19.8 Å². The maximum absolute atomic E-state index is 11.7. The van der Waals surface area contributed by atoms with E-state index in [-0.39, 0.29) is 12.5 Å². The van der Waals surface area contributed by atoms with Crippen molar-refractivity contribution < 1.29 is 14.6 Å². The van der Waals surface area contributed by atoms with E-state index < -0.39 is 5.60 Å². The van der Waals surface area contributed by atoms with Gasteiger partial charge in [0, 0.05) is 13.0 Å². The number of amides is 1. The molecule has 24 heavy (non-hydrogen) atoms. The van der Waals surface area contributed by atoms with Gasteiger partial charge in [0.15, 0.2) is 0 Å². The molecule has 0 aliphatic carbocycles. The lowest BCUT2D eigenvalue weighted by Crippen LogP contribution is -2.34. The Balaban J connectivity index is 3.26. The predicted octanol–water partition coefficient (Wildman–Crippen LogP) is 4.59. The first-order chi connectivity index (χ1) is 11.5. The first-order valence-electron chi connectivity index (χ1n) is 10.0. The van der Waals surface area contributed by atoms with Crippen LogP contribution in [0.5, 0.6) is 0 Å². The van der Waals surface area contributed by atoms with E-state index in [2.05, 4.69) is 12.2 Å². The van der Waals surface area contributed by atoms with Crippen molar-refractivity contribution in [3.8, 4) is 0 Å². The highest BCUT2D eigenvalue weighted by molar-refractivity contribution is 5.75. The lowest BCUT2D eigenvalue weighted by molar-refractivity contribution is -0.122. The number of carbonyl (C=O) groups is 1. The summed E-state index contributed by atoms with van der Waals surface area (Å²) in [6.45, 7) is 6.86. The summed E-state index contributed by atoms with van der Waals surface area (Å²) in [6.07, 6.45) is 14.9. The van der Waals surface area contributed by atoms with Gasteiger partial charge in [0.05, 0.1) is 18.8 Å². The molecule has 0 radical (unpaired) electrons. The largest absolute Gasteiger partial charge is 0.393 e. The van der Waals surface area contributed by atoms with E-state index in [0.29, 0.717) is 19.6 Å². The number of hydrogen-bond acceptors (Lipinski definition) is 3. The fourth-order valence-electron chi connectivity index (χ4n) is 2.60. The molecule has 0 bridgehead atoms. The van der Waals surface area contributed by atoms with Crippen LogP contribution in [-0.2, 0) is 9.53 Å². The highest BCUT2D eigenvalue weighted by atomic mass is 16.5. The summed E-state index contributed by atoms with van der Waals surface area (Å²) in [7, 11) is 0. The number of hydrogen-bond donors (Lipinski definition) is 2. The summed E-state index contributed by atoms with van der Waals surface area (Å²) >= 11 is 0. The number of carbonyl (C=O) groups excluding carboxylic acids is 1. The molecule has 2 N–H and O–H groups in total. The number of aliphatic hydroxyl groups excluding tert-OH is 1.